The summed E-state index contributed by atoms with van der Waals surface area (Å²) in [7, 11) is 0. The second kappa shape index (κ2) is 10.0. The van der Waals surface area contributed by atoms with Crippen LogP contribution in [0.3, 0.4) is 0 Å². The van der Waals surface area contributed by atoms with Gasteiger partial charge in [0.25, 0.3) is 0 Å². The number of benzene rings is 1. The number of allylic oxidation sites excluding steroid dienone is 2. The van der Waals surface area contributed by atoms with Gasteiger partial charge in [0, 0.05) is 24.7 Å². The summed E-state index contributed by atoms with van der Waals surface area (Å²) in [5.41, 5.74) is -1.93. The van der Waals surface area contributed by atoms with Crippen molar-refractivity contribution < 1.29 is 35.9 Å². The number of halogens is 6. The number of ether oxygens (including phenoxy) is 1. The van der Waals surface area contributed by atoms with Gasteiger partial charge >= 0.3 is 17.6 Å². The van der Waals surface area contributed by atoms with E-state index in [0.29, 0.717) is 57.6 Å². The predicted molar refractivity (Wildman–Crippen MR) is 116 cm³/mol. The molecule has 3 aliphatic heterocycles. The number of hydrogen-bond acceptors (Lipinski definition) is 4. The van der Waals surface area contributed by atoms with Crippen LogP contribution in [0.15, 0.2) is 34.2 Å². The van der Waals surface area contributed by atoms with Crippen molar-refractivity contribution in [2.75, 3.05) is 26.3 Å². The highest BCUT2D eigenvalue weighted by Crippen LogP contribution is 2.38. The first-order valence-corrected chi connectivity index (χ1v) is 11.9. The maximum atomic E-state index is 13.4. The van der Waals surface area contributed by atoms with E-state index in [1.54, 1.807) is 0 Å². The van der Waals surface area contributed by atoms with Crippen molar-refractivity contribution in [3.05, 3.63) is 45.9 Å². The predicted octanol–water partition coefficient (Wildman–Crippen LogP) is 6.55. The molecule has 1 unspecified atom stereocenters. The molecule has 0 spiro atoms. The van der Waals surface area contributed by atoms with E-state index < -0.39 is 23.5 Å². The van der Waals surface area contributed by atoms with Gasteiger partial charge in [-0.2, -0.15) is 26.3 Å². The van der Waals surface area contributed by atoms with Crippen LogP contribution in [-0.4, -0.2) is 42.2 Å². The SMILES string of the molecule is O=C1N=C(CC2CCOC2)/C(=C/C2CCN(Cc3ccc(C(F)(F)F)cc3C(F)(F)F)CC2)S1. The number of piperidine rings is 1. The molecule has 0 bridgehead atoms. The fraction of sp³-hybridized carbons (Fsp3) is 0.565. The summed E-state index contributed by atoms with van der Waals surface area (Å²) in [6, 6.07) is 1.82. The molecule has 1 atom stereocenters. The molecule has 0 aromatic heterocycles. The van der Waals surface area contributed by atoms with Gasteiger partial charge in [-0.1, -0.05) is 12.1 Å². The zero-order chi connectivity index (χ0) is 24.5. The smallest absolute Gasteiger partial charge is 0.381 e. The van der Waals surface area contributed by atoms with Gasteiger partial charge < -0.3 is 4.74 Å². The Hall–Kier alpha value is -1.85. The molecule has 34 heavy (non-hydrogen) atoms. The van der Waals surface area contributed by atoms with Gasteiger partial charge in [0.1, 0.15) is 0 Å². The zero-order valence-electron chi connectivity index (χ0n) is 18.2. The lowest BCUT2D eigenvalue weighted by atomic mass is 9.93. The van der Waals surface area contributed by atoms with Crippen LogP contribution in [0.25, 0.3) is 0 Å². The van der Waals surface area contributed by atoms with Crippen LogP contribution in [0.1, 0.15) is 42.4 Å². The van der Waals surface area contributed by atoms with Crippen LogP contribution in [0, 0.1) is 11.8 Å². The molecule has 1 aromatic rings. The Morgan fingerprint density at radius 2 is 1.82 bits per heavy atom. The monoisotopic (exact) mass is 506 g/mol. The number of hydrogen-bond donors (Lipinski definition) is 0. The summed E-state index contributed by atoms with van der Waals surface area (Å²) in [4.78, 5) is 18.7. The summed E-state index contributed by atoms with van der Waals surface area (Å²) in [6.07, 6.45) is -4.67. The first kappa shape index (κ1) is 25.2. The molecule has 2 fully saturated rings. The van der Waals surface area contributed by atoms with Crippen LogP contribution in [0.4, 0.5) is 31.1 Å². The maximum absolute atomic E-state index is 13.4. The number of aliphatic imine (C=N–C) groups is 1. The number of carbonyl (C=O) groups excluding carboxylic acids is 1. The molecule has 2 saturated heterocycles. The summed E-state index contributed by atoms with van der Waals surface area (Å²) >= 11 is 1.11. The largest absolute Gasteiger partial charge is 0.416 e. The Kier molecular flexibility index (Phi) is 7.44. The van der Waals surface area contributed by atoms with Gasteiger partial charge in [-0.15, -0.1) is 0 Å². The average molecular weight is 507 g/mol. The molecule has 0 aliphatic carbocycles. The topological polar surface area (TPSA) is 41.9 Å². The molecular formula is C23H24F6N2O2S. The summed E-state index contributed by atoms with van der Waals surface area (Å²) in [5, 5.41) is -0.236. The summed E-state index contributed by atoms with van der Waals surface area (Å²) < 4.78 is 84.4. The van der Waals surface area contributed by atoms with Crippen LogP contribution in [0.2, 0.25) is 0 Å². The van der Waals surface area contributed by atoms with Crippen LogP contribution < -0.4 is 0 Å². The first-order valence-electron chi connectivity index (χ1n) is 11.1. The van der Waals surface area contributed by atoms with Gasteiger partial charge in [-0.05, 0) is 80.1 Å². The number of rotatable bonds is 5. The Morgan fingerprint density at radius 1 is 1.09 bits per heavy atom. The van der Waals surface area contributed by atoms with E-state index in [2.05, 4.69) is 4.99 Å². The minimum atomic E-state index is -4.87. The highest BCUT2D eigenvalue weighted by atomic mass is 32.2. The normalized spacial score (nSPS) is 24.3. The molecule has 3 aliphatic rings. The average Bonchev–Trinajstić information content (AvgIpc) is 3.38. The minimum Gasteiger partial charge on any atom is -0.381 e. The molecule has 0 radical (unpaired) electrons. The van der Waals surface area contributed by atoms with E-state index >= 15 is 0 Å². The van der Waals surface area contributed by atoms with Crippen molar-refractivity contribution in [3.8, 4) is 0 Å². The molecule has 3 heterocycles. The lowest BCUT2D eigenvalue weighted by molar-refractivity contribution is -0.143. The second-order valence-electron chi connectivity index (χ2n) is 8.87. The molecule has 186 valence electrons. The maximum Gasteiger partial charge on any atom is 0.416 e. The van der Waals surface area contributed by atoms with Crippen LogP contribution >= 0.6 is 11.8 Å². The molecule has 1 aromatic carbocycles. The highest BCUT2D eigenvalue weighted by Gasteiger charge is 2.38. The third kappa shape index (κ3) is 6.23. The van der Waals surface area contributed by atoms with Crippen molar-refractivity contribution in [3.63, 3.8) is 0 Å². The number of thioether (sulfide) groups is 1. The minimum absolute atomic E-state index is 0.0715. The number of amides is 1. The van der Waals surface area contributed by atoms with Gasteiger partial charge in [-0.3, -0.25) is 9.69 Å². The number of nitrogens with zero attached hydrogens (tertiary/aromatic N) is 2. The summed E-state index contributed by atoms with van der Waals surface area (Å²) in [5.74, 6) is 0.506. The summed E-state index contributed by atoms with van der Waals surface area (Å²) in [6.45, 7) is 2.32. The lowest BCUT2D eigenvalue weighted by Crippen LogP contribution is -2.33. The van der Waals surface area contributed by atoms with Crippen LogP contribution in [0.5, 0.6) is 0 Å². The van der Waals surface area contributed by atoms with Crippen molar-refractivity contribution in [2.24, 2.45) is 16.8 Å². The quantitative estimate of drug-likeness (QED) is 0.425. The van der Waals surface area contributed by atoms with E-state index in [-0.39, 0.29) is 29.3 Å². The fourth-order valence-electron chi connectivity index (χ4n) is 4.52. The van der Waals surface area contributed by atoms with E-state index in [9.17, 15) is 31.1 Å². The molecule has 11 heteroatoms. The molecule has 0 N–H and O–H groups in total. The molecule has 0 saturated carbocycles. The van der Waals surface area contributed by atoms with E-state index in [1.165, 1.54) is 0 Å². The zero-order valence-corrected chi connectivity index (χ0v) is 19.0. The van der Waals surface area contributed by atoms with Crippen molar-refractivity contribution >= 4 is 22.7 Å². The lowest BCUT2D eigenvalue weighted by Gasteiger charge is -2.31. The molecule has 1 amide bonds. The van der Waals surface area contributed by atoms with Crippen molar-refractivity contribution in [2.45, 2.75) is 44.6 Å². The molecule has 4 nitrogen and oxygen atoms in total. The third-order valence-corrected chi connectivity index (χ3v) is 7.23. The van der Waals surface area contributed by atoms with Gasteiger partial charge in [0.2, 0.25) is 0 Å². The first-order chi connectivity index (χ1) is 16.0. The third-order valence-electron chi connectivity index (χ3n) is 6.37. The van der Waals surface area contributed by atoms with Crippen molar-refractivity contribution in [1.29, 1.82) is 0 Å². The Morgan fingerprint density at radius 3 is 2.44 bits per heavy atom. The number of carbonyl (C=O) groups is 1. The standard InChI is InChI=1S/C23H24F6N2O2S/c24-22(25,26)17-2-1-16(18(11-17)23(27,28)29)12-31-6-3-14(4-7-31)10-20-19(30-21(32)34-20)9-15-5-8-33-13-15/h1-2,10-11,14-15H,3-9,12-13H2/b20-10-. The van der Waals surface area contributed by atoms with Crippen LogP contribution in [-0.2, 0) is 23.6 Å². The molecule has 4 rings (SSSR count). The van der Waals surface area contributed by atoms with Gasteiger partial charge in [0.05, 0.1) is 16.8 Å². The Labute approximate surface area is 197 Å². The van der Waals surface area contributed by atoms with Gasteiger partial charge in [-0.25, -0.2) is 4.99 Å². The van der Waals surface area contributed by atoms with Crippen molar-refractivity contribution in [1.82, 2.24) is 4.90 Å². The Bertz CT molecular complexity index is 975. The molecular weight excluding hydrogens is 482 g/mol. The fourth-order valence-corrected chi connectivity index (χ4v) is 5.37. The van der Waals surface area contributed by atoms with E-state index in [1.807, 2.05) is 11.0 Å². The number of likely N-dealkylation sites (tertiary alicyclic amines) is 1. The second-order valence-corrected chi connectivity index (χ2v) is 9.87. The number of alkyl halides is 6. The van der Waals surface area contributed by atoms with E-state index in [4.69, 9.17) is 4.74 Å². The Balaban J connectivity index is 1.39. The van der Waals surface area contributed by atoms with Gasteiger partial charge in [0.15, 0.2) is 0 Å². The van der Waals surface area contributed by atoms with E-state index in [0.717, 1.165) is 34.9 Å². The highest BCUT2D eigenvalue weighted by molar-refractivity contribution is 8.18.